The van der Waals surface area contributed by atoms with E-state index in [0.717, 1.165) is 0 Å². The molecular weight excluding hydrogens is 311 g/mol. The number of rotatable bonds is 2. The number of aromatic nitrogens is 3. The maximum absolute atomic E-state index is 10.8. The molecule has 17 heavy (non-hydrogen) atoms. The van der Waals surface area contributed by atoms with Gasteiger partial charge in [0.25, 0.3) is 0 Å². The zero-order valence-electron chi connectivity index (χ0n) is 8.59. The van der Waals surface area contributed by atoms with Crippen molar-refractivity contribution in [1.29, 1.82) is 0 Å². The molecule has 0 saturated carbocycles. The van der Waals surface area contributed by atoms with E-state index >= 15 is 0 Å². The molecule has 6 nitrogen and oxygen atoms in total. The van der Waals surface area contributed by atoms with Crippen molar-refractivity contribution in [1.82, 2.24) is 14.8 Å². The standard InChI is InChI=1S/C9H6BrClN4O2/c1-5-7(15(16)17)8(10)13-14(5)9-6(11)3-2-4-12-9/h2-4H,1H3. The van der Waals surface area contributed by atoms with Crippen LogP contribution in [0.25, 0.3) is 5.82 Å². The van der Waals surface area contributed by atoms with Gasteiger partial charge in [0.2, 0.25) is 4.60 Å². The molecule has 2 aromatic heterocycles. The summed E-state index contributed by atoms with van der Waals surface area (Å²) in [5, 5.41) is 15.2. The summed E-state index contributed by atoms with van der Waals surface area (Å²) in [7, 11) is 0. The normalized spacial score (nSPS) is 10.5. The second kappa shape index (κ2) is 4.42. The lowest BCUT2D eigenvalue weighted by molar-refractivity contribution is -0.386. The molecule has 2 heterocycles. The van der Waals surface area contributed by atoms with Crippen molar-refractivity contribution < 1.29 is 4.92 Å². The third-order valence-corrected chi connectivity index (χ3v) is 3.00. The van der Waals surface area contributed by atoms with E-state index < -0.39 is 4.92 Å². The number of halogens is 2. The minimum atomic E-state index is -0.500. The molecule has 0 atom stereocenters. The summed E-state index contributed by atoms with van der Waals surface area (Å²) in [6.07, 6.45) is 1.54. The lowest BCUT2D eigenvalue weighted by Gasteiger charge is -2.03. The molecule has 2 rings (SSSR count). The Hall–Kier alpha value is -1.47. The first-order valence-corrected chi connectivity index (χ1v) is 5.70. The number of hydrogen-bond acceptors (Lipinski definition) is 4. The van der Waals surface area contributed by atoms with Crippen LogP contribution in [0.15, 0.2) is 22.9 Å². The molecule has 0 bridgehead atoms. The van der Waals surface area contributed by atoms with Crippen LogP contribution >= 0.6 is 27.5 Å². The van der Waals surface area contributed by atoms with Crippen LogP contribution in [-0.2, 0) is 0 Å². The maximum atomic E-state index is 10.8. The summed E-state index contributed by atoms with van der Waals surface area (Å²) in [5.41, 5.74) is 0.272. The fraction of sp³-hybridized carbons (Fsp3) is 0.111. The van der Waals surface area contributed by atoms with Crippen LogP contribution in [0.1, 0.15) is 5.69 Å². The van der Waals surface area contributed by atoms with Crippen molar-refractivity contribution >= 4 is 33.2 Å². The summed E-state index contributed by atoms with van der Waals surface area (Å²) >= 11 is 9.01. The summed E-state index contributed by atoms with van der Waals surface area (Å²) in [4.78, 5) is 14.4. The average molecular weight is 318 g/mol. The highest BCUT2D eigenvalue weighted by Crippen LogP contribution is 2.30. The van der Waals surface area contributed by atoms with E-state index in [2.05, 4.69) is 26.0 Å². The molecule has 0 aliphatic carbocycles. The zero-order valence-corrected chi connectivity index (χ0v) is 10.9. The highest BCUT2D eigenvalue weighted by atomic mass is 79.9. The molecule has 0 aromatic carbocycles. The average Bonchev–Trinajstić information content (AvgIpc) is 2.55. The summed E-state index contributed by atoms with van der Waals surface area (Å²) < 4.78 is 1.49. The van der Waals surface area contributed by atoms with Crippen LogP contribution < -0.4 is 0 Å². The Morgan fingerprint density at radius 3 is 2.82 bits per heavy atom. The molecule has 0 N–H and O–H groups in total. The fourth-order valence-corrected chi connectivity index (χ4v) is 2.20. The van der Waals surface area contributed by atoms with Gasteiger partial charge in [-0.3, -0.25) is 10.1 Å². The SMILES string of the molecule is Cc1c([N+](=O)[O-])c(Br)nn1-c1ncccc1Cl. The van der Waals surface area contributed by atoms with Crippen LogP contribution in [0.4, 0.5) is 5.69 Å². The first kappa shape index (κ1) is 12.0. The van der Waals surface area contributed by atoms with E-state index in [1.165, 1.54) is 4.68 Å². The maximum Gasteiger partial charge on any atom is 0.324 e. The van der Waals surface area contributed by atoms with Gasteiger partial charge in [-0.15, -0.1) is 0 Å². The Labute approximate surface area is 110 Å². The van der Waals surface area contributed by atoms with E-state index in [1.54, 1.807) is 25.3 Å². The number of nitro groups is 1. The van der Waals surface area contributed by atoms with E-state index in [1.807, 2.05) is 0 Å². The molecule has 0 aliphatic rings. The van der Waals surface area contributed by atoms with E-state index in [9.17, 15) is 10.1 Å². The molecule has 0 spiro atoms. The first-order chi connectivity index (χ1) is 8.02. The smallest absolute Gasteiger partial charge is 0.258 e. The van der Waals surface area contributed by atoms with Gasteiger partial charge in [-0.05, 0) is 35.0 Å². The molecular formula is C9H6BrClN4O2. The quantitative estimate of drug-likeness (QED) is 0.630. The molecule has 0 unspecified atom stereocenters. The van der Waals surface area contributed by atoms with Crippen molar-refractivity contribution in [2.45, 2.75) is 6.92 Å². The molecule has 0 saturated heterocycles. The second-order valence-corrected chi connectivity index (χ2v) is 4.36. The van der Waals surface area contributed by atoms with E-state index in [-0.39, 0.29) is 10.3 Å². The van der Waals surface area contributed by atoms with Crippen molar-refractivity contribution in [3.05, 3.63) is 43.8 Å². The van der Waals surface area contributed by atoms with Crippen molar-refractivity contribution in [3.8, 4) is 5.82 Å². The predicted molar refractivity (Wildman–Crippen MR) is 65.5 cm³/mol. The second-order valence-electron chi connectivity index (χ2n) is 3.20. The van der Waals surface area contributed by atoms with Crippen LogP contribution in [0.3, 0.4) is 0 Å². The first-order valence-electron chi connectivity index (χ1n) is 4.52. The van der Waals surface area contributed by atoms with Gasteiger partial charge in [-0.1, -0.05) is 11.6 Å². The van der Waals surface area contributed by atoms with Crippen molar-refractivity contribution in [2.24, 2.45) is 0 Å². The Morgan fingerprint density at radius 1 is 1.59 bits per heavy atom. The minimum Gasteiger partial charge on any atom is -0.258 e. The van der Waals surface area contributed by atoms with Crippen LogP contribution in [-0.4, -0.2) is 19.7 Å². The highest BCUT2D eigenvalue weighted by molar-refractivity contribution is 9.10. The Morgan fingerprint density at radius 2 is 2.29 bits per heavy atom. The van der Waals surface area contributed by atoms with Gasteiger partial charge in [0.05, 0.1) is 9.95 Å². The highest BCUT2D eigenvalue weighted by Gasteiger charge is 2.24. The third kappa shape index (κ3) is 2.03. The number of hydrogen-bond donors (Lipinski definition) is 0. The van der Waals surface area contributed by atoms with Gasteiger partial charge in [0.1, 0.15) is 5.69 Å². The Balaban J connectivity index is 2.66. The largest absolute Gasteiger partial charge is 0.324 e. The monoisotopic (exact) mass is 316 g/mol. The Bertz CT molecular complexity index is 599. The van der Waals surface area contributed by atoms with Gasteiger partial charge < -0.3 is 0 Å². The predicted octanol–water partition coefficient (Wildman–Crippen LogP) is 2.90. The molecule has 0 amide bonds. The van der Waals surface area contributed by atoms with Crippen LogP contribution in [0, 0.1) is 17.0 Å². The van der Waals surface area contributed by atoms with Gasteiger partial charge in [-0.25, -0.2) is 9.67 Å². The topological polar surface area (TPSA) is 73.8 Å². The van der Waals surface area contributed by atoms with Gasteiger partial charge in [-0.2, -0.15) is 5.10 Å². The van der Waals surface area contributed by atoms with Crippen LogP contribution in [0.2, 0.25) is 5.02 Å². The zero-order chi connectivity index (χ0) is 12.6. The Kier molecular flexibility index (Phi) is 3.12. The minimum absolute atomic E-state index is 0.0910. The van der Waals surface area contributed by atoms with Crippen molar-refractivity contribution in [3.63, 3.8) is 0 Å². The molecule has 88 valence electrons. The molecule has 0 aliphatic heterocycles. The van der Waals surface area contributed by atoms with Gasteiger partial charge in [0.15, 0.2) is 5.82 Å². The third-order valence-electron chi connectivity index (χ3n) is 2.17. The van der Waals surface area contributed by atoms with Gasteiger partial charge >= 0.3 is 5.69 Å². The van der Waals surface area contributed by atoms with Crippen molar-refractivity contribution in [2.75, 3.05) is 0 Å². The van der Waals surface area contributed by atoms with E-state index in [0.29, 0.717) is 16.5 Å². The van der Waals surface area contributed by atoms with Gasteiger partial charge in [0, 0.05) is 6.20 Å². The fourth-order valence-electron chi connectivity index (χ4n) is 1.41. The van der Waals surface area contributed by atoms with Crippen LogP contribution in [0.5, 0.6) is 0 Å². The molecule has 0 radical (unpaired) electrons. The summed E-state index contributed by atoms with van der Waals surface area (Å²) in [6.45, 7) is 1.58. The van der Waals surface area contributed by atoms with E-state index in [4.69, 9.17) is 11.6 Å². The summed E-state index contributed by atoms with van der Waals surface area (Å²) in [6, 6.07) is 3.32. The lowest BCUT2D eigenvalue weighted by Crippen LogP contribution is -2.02. The number of nitrogens with zero attached hydrogens (tertiary/aromatic N) is 4. The molecule has 8 heteroatoms. The number of pyridine rings is 1. The summed E-state index contributed by atoms with van der Waals surface area (Å²) in [5.74, 6) is 0.362. The molecule has 0 fully saturated rings. The lowest BCUT2D eigenvalue weighted by atomic mass is 10.4. The molecule has 2 aromatic rings.